The molecule has 1 aromatic carbocycles. The molecule has 2 rings (SSSR count). The minimum Gasteiger partial charge on any atom is -0.506 e. The van der Waals surface area contributed by atoms with Crippen molar-refractivity contribution < 1.29 is 5.11 Å². The molecule has 0 aliphatic rings. The molecule has 1 aromatic heterocycles. The summed E-state index contributed by atoms with van der Waals surface area (Å²) in [6, 6.07) is 9.42. The summed E-state index contributed by atoms with van der Waals surface area (Å²) < 4.78 is 1.11. The van der Waals surface area contributed by atoms with Crippen LogP contribution >= 0.6 is 11.6 Å². The van der Waals surface area contributed by atoms with Gasteiger partial charge in [0.15, 0.2) is 0 Å². The topological polar surface area (TPSA) is 78.9 Å². The van der Waals surface area contributed by atoms with Crippen molar-refractivity contribution in [2.45, 2.75) is 6.42 Å². The van der Waals surface area contributed by atoms with Gasteiger partial charge in [-0.25, -0.2) is 0 Å². The number of aromatic nitrogens is 2. The van der Waals surface area contributed by atoms with E-state index in [-0.39, 0.29) is 17.9 Å². The van der Waals surface area contributed by atoms with Crippen LogP contribution in [-0.2, 0) is 6.42 Å². The van der Waals surface area contributed by atoms with Gasteiger partial charge in [-0.3, -0.25) is 4.79 Å². The van der Waals surface area contributed by atoms with E-state index in [4.69, 9.17) is 16.9 Å². The lowest BCUT2D eigenvalue weighted by atomic mass is 10.3. The first-order chi connectivity index (χ1) is 8.61. The van der Waals surface area contributed by atoms with Crippen LogP contribution < -0.4 is 5.56 Å². The van der Waals surface area contributed by atoms with Gasteiger partial charge in [-0.05, 0) is 24.3 Å². The lowest BCUT2D eigenvalue weighted by Crippen LogP contribution is -2.21. The molecule has 2 aromatic rings. The Kier molecular flexibility index (Phi) is 3.31. The quantitative estimate of drug-likeness (QED) is 0.892. The molecule has 0 amide bonds. The van der Waals surface area contributed by atoms with Gasteiger partial charge in [0, 0.05) is 11.1 Å². The lowest BCUT2D eigenvalue weighted by molar-refractivity contribution is 0.459. The molecule has 6 heteroatoms. The monoisotopic (exact) mass is 261 g/mol. The van der Waals surface area contributed by atoms with Crippen molar-refractivity contribution >= 4 is 11.6 Å². The van der Waals surface area contributed by atoms with E-state index in [0.29, 0.717) is 10.7 Å². The zero-order chi connectivity index (χ0) is 13.1. The Morgan fingerprint density at radius 1 is 1.39 bits per heavy atom. The lowest BCUT2D eigenvalue weighted by Gasteiger charge is -2.06. The Bertz CT molecular complexity index is 671. The third-order valence-electron chi connectivity index (χ3n) is 2.30. The van der Waals surface area contributed by atoms with Crippen LogP contribution in [0.4, 0.5) is 0 Å². The van der Waals surface area contributed by atoms with Crippen LogP contribution in [0.15, 0.2) is 35.1 Å². The number of nitriles is 1. The number of nitrogens with zero attached hydrogens (tertiary/aromatic N) is 3. The van der Waals surface area contributed by atoms with Gasteiger partial charge >= 0.3 is 0 Å². The SMILES string of the molecule is N#CCc1nn(-c2ccc(Cl)cc2)c(=O)cc1O. The molecule has 0 spiro atoms. The van der Waals surface area contributed by atoms with E-state index in [2.05, 4.69) is 5.10 Å². The Morgan fingerprint density at radius 2 is 2.06 bits per heavy atom. The van der Waals surface area contributed by atoms with Crippen molar-refractivity contribution in [1.29, 1.82) is 5.26 Å². The maximum atomic E-state index is 11.7. The van der Waals surface area contributed by atoms with Gasteiger partial charge in [0.25, 0.3) is 5.56 Å². The summed E-state index contributed by atoms with van der Waals surface area (Å²) in [6.45, 7) is 0. The average molecular weight is 262 g/mol. The Labute approximate surface area is 107 Å². The third kappa shape index (κ3) is 2.34. The van der Waals surface area contributed by atoms with Crippen LogP contribution in [0.3, 0.4) is 0 Å². The Morgan fingerprint density at radius 3 is 2.67 bits per heavy atom. The number of benzene rings is 1. The first-order valence-electron chi connectivity index (χ1n) is 5.07. The minimum absolute atomic E-state index is 0.0697. The van der Waals surface area contributed by atoms with Gasteiger partial charge in [0.05, 0.1) is 18.2 Å². The van der Waals surface area contributed by atoms with E-state index >= 15 is 0 Å². The number of aromatic hydroxyl groups is 1. The smallest absolute Gasteiger partial charge is 0.275 e. The molecular weight excluding hydrogens is 254 g/mol. The molecule has 18 heavy (non-hydrogen) atoms. The molecule has 1 N–H and O–H groups in total. The fraction of sp³-hybridized carbons (Fsp3) is 0.0833. The van der Waals surface area contributed by atoms with Crippen LogP contribution in [0, 0.1) is 11.3 Å². The normalized spacial score (nSPS) is 10.0. The number of hydrogen-bond acceptors (Lipinski definition) is 4. The maximum absolute atomic E-state index is 11.7. The first-order valence-corrected chi connectivity index (χ1v) is 5.44. The van der Waals surface area contributed by atoms with E-state index < -0.39 is 5.56 Å². The zero-order valence-electron chi connectivity index (χ0n) is 9.17. The fourth-order valence-corrected chi connectivity index (χ4v) is 1.58. The first kappa shape index (κ1) is 12.1. The molecule has 90 valence electrons. The summed E-state index contributed by atoms with van der Waals surface area (Å²) in [6.07, 6.45) is -0.0697. The molecule has 0 radical (unpaired) electrons. The molecule has 0 aliphatic heterocycles. The van der Waals surface area contributed by atoms with E-state index in [1.54, 1.807) is 24.3 Å². The molecule has 0 saturated carbocycles. The highest BCUT2D eigenvalue weighted by Crippen LogP contribution is 2.14. The van der Waals surface area contributed by atoms with Gasteiger partial charge in [-0.15, -0.1) is 0 Å². The summed E-state index contributed by atoms with van der Waals surface area (Å²) in [5, 5.41) is 22.6. The van der Waals surface area contributed by atoms with Crippen molar-refractivity contribution in [2.24, 2.45) is 0 Å². The van der Waals surface area contributed by atoms with E-state index in [9.17, 15) is 9.90 Å². The van der Waals surface area contributed by atoms with Gasteiger partial charge in [0.2, 0.25) is 0 Å². The molecule has 0 saturated heterocycles. The predicted molar refractivity (Wildman–Crippen MR) is 65.8 cm³/mol. The molecule has 0 bridgehead atoms. The highest BCUT2D eigenvalue weighted by Gasteiger charge is 2.08. The highest BCUT2D eigenvalue weighted by atomic mass is 35.5. The zero-order valence-corrected chi connectivity index (χ0v) is 9.92. The second-order valence-corrected chi connectivity index (χ2v) is 3.97. The third-order valence-corrected chi connectivity index (χ3v) is 2.56. The summed E-state index contributed by atoms with van der Waals surface area (Å²) >= 11 is 5.75. The van der Waals surface area contributed by atoms with Crippen LogP contribution in [-0.4, -0.2) is 14.9 Å². The fourth-order valence-electron chi connectivity index (χ4n) is 1.45. The molecule has 0 fully saturated rings. The molecule has 0 unspecified atom stereocenters. The van der Waals surface area contributed by atoms with Crippen molar-refractivity contribution in [2.75, 3.05) is 0 Å². The van der Waals surface area contributed by atoms with Crippen molar-refractivity contribution in [3.05, 3.63) is 51.4 Å². The summed E-state index contributed by atoms with van der Waals surface area (Å²) in [5.74, 6) is -0.272. The largest absolute Gasteiger partial charge is 0.506 e. The maximum Gasteiger partial charge on any atom is 0.275 e. The van der Waals surface area contributed by atoms with Crippen molar-refractivity contribution in [3.63, 3.8) is 0 Å². The average Bonchev–Trinajstić information content (AvgIpc) is 2.34. The number of hydrogen-bond donors (Lipinski definition) is 1. The summed E-state index contributed by atoms with van der Waals surface area (Å²) in [5.41, 5.74) is 0.201. The van der Waals surface area contributed by atoms with Crippen LogP contribution in [0.2, 0.25) is 5.02 Å². The van der Waals surface area contributed by atoms with Gasteiger partial charge in [-0.2, -0.15) is 15.0 Å². The molecule has 5 nitrogen and oxygen atoms in total. The standard InChI is InChI=1S/C12H8ClN3O2/c13-8-1-3-9(4-2-8)16-12(18)7-11(17)10(15-16)5-6-14/h1-4,7,17H,5H2. The van der Waals surface area contributed by atoms with Gasteiger partial charge in [-0.1, -0.05) is 11.6 Å². The van der Waals surface area contributed by atoms with Gasteiger partial charge < -0.3 is 5.11 Å². The Balaban J connectivity index is 2.57. The number of halogens is 1. The van der Waals surface area contributed by atoms with E-state index in [0.717, 1.165) is 10.7 Å². The van der Waals surface area contributed by atoms with E-state index in [1.165, 1.54) is 0 Å². The van der Waals surface area contributed by atoms with Crippen molar-refractivity contribution in [1.82, 2.24) is 9.78 Å². The molecule has 0 aliphatic carbocycles. The predicted octanol–water partition coefficient (Wildman–Crippen LogP) is 1.66. The van der Waals surface area contributed by atoms with Crippen LogP contribution in [0.25, 0.3) is 5.69 Å². The molecular formula is C12H8ClN3O2. The second kappa shape index (κ2) is 4.90. The second-order valence-electron chi connectivity index (χ2n) is 3.54. The van der Waals surface area contributed by atoms with Crippen molar-refractivity contribution in [3.8, 4) is 17.5 Å². The van der Waals surface area contributed by atoms with Gasteiger partial charge in [0.1, 0.15) is 11.4 Å². The summed E-state index contributed by atoms with van der Waals surface area (Å²) in [4.78, 5) is 11.7. The van der Waals surface area contributed by atoms with Crippen LogP contribution in [0.1, 0.15) is 5.69 Å². The Hall–Kier alpha value is -2.32. The summed E-state index contributed by atoms with van der Waals surface area (Å²) in [7, 11) is 0. The highest BCUT2D eigenvalue weighted by molar-refractivity contribution is 6.30. The van der Waals surface area contributed by atoms with Crippen LogP contribution in [0.5, 0.6) is 5.75 Å². The number of rotatable bonds is 2. The van der Waals surface area contributed by atoms with E-state index in [1.807, 2.05) is 6.07 Å². The molecule has 0 atom stereocenters. The molecule has 1 heterocycles. The minimum atomic E-state index is -0.475.